The van der Waals surface area contributed by atoms with Crippen molar-refractivity contribution in [2.75, 3.05) is 19.6 Å². The Hall–Kier alpha value is -2.05. The average molecular weight is 438 g/mol. The summed E-state index contributed by atoms with van der Waals surface area (Å²) >= 11 is 0. The molecule has 1 saturated heterocycles. The third kappa shape index (κ3) is 4.03. The van der Waals surface area contributed by atoms with E-state index in [0.717, 1.165) is 55.5 Å². The second-order valence-electron chi connectivity index (χ2n) is 10.8. The van der Waals surface area contributed by atoms with Gasteiger partial charge in [0, 0.05) is 5.41 Å². The van der Waals surface area contributed by atoms with Crippen LogP contribution in [-0.4, -0.2) is 53.1 Å². The number of hydrogen-bond acceptors (Lipinski definition) is 5. The molecule has 0 radical (unpaired) electrons. The highest BCUT2D eigenvalue weighted by Gasteiger charge is 2.54. The van der Waals surface area contributed by atoms with Crippen molar-refractivity contribution in [3.63, 3.8) is 0 Å². The van der Waals surface area contributed by atoms with Gasteiger partial charge >= 0.3 is 0 Å². The molecule has 32 heavy (non-hydrogen) atoms. The van der Waals surface area contributed by atoms with Crippen molar-refractivity contribution in [2.24, 2.45) is 28.9 Å². The summed E-state index contributed by atoms with van der Waals surface area (Å²) in [5.41, 5.74) is 6.39. The number of hydrogen-bond donors (Lipinski definition) is 1. The van der Waals surface area contributed by atoms with Crippen LogP contribution in [0.3, 0.4) is 0 Å². The highest BCUT2D eigenvalue weighted by Crippen LogP contribution is 2.60. The van der Waals surface area contributed by atoms with E-state index < -0.39 is 6.04 Å². The first-order valence-electron chi connectivity index (χ1n) is 12.3. The van der Waals surface area contributed by atoms with Gasteiger partial charge in [0.1, 0.15) is 0 Å². The van der Waals surface area contributed by atoms with Crippen molar-refractivity contribution in [3.05, 3.63) is 35.9 Å². The van der Waals surface area contributed by atoms with Gasteiger partial charge in [-0.05, 0) is 81.2 Å². The van der Waals surface area contributed by atoms with Gasteiger partial charge in [0.2, 0.25) is 11.8 Å². The number of Topliss-reactive ketones (excluding diaryl/α,β-unsaturated/α-hetero) is 1. The first kappa shape index (κ1) is 21.8. The van der Waals surface area contributed by atoms with Gasteiger partial charge in [-0.3, -0.25) is 24.2 Å². The molecule has 1 heterocycles. The highest BCUT2D eigenvalue weighted by atomic mass is 16.2. The molecule has 2 amide bonds. The van der Waals surface area contributed by atoms with E-state index in [1.807, 2.05) is 35.2 Å². The van der Waals surface area contributed by atoms with Gasteiger partial charge in [0.25, 0.3) is 0 Å². The van der Waals surface area contributed by atoms with Gasteiger partial charge in [0.15, 0.2) is 5.78 Å². The number of imide groups is 1. The predicted octanol–water partition coefficient (Wildman–Crippen LogP) is 2.75. The van der Waals surface area contributed by atoms with Crippen molar-refractivity contribution < 1.29 is 14.4 Å². The number of nitrogens with two attached hydrogens (primary N) is 1. The summed E-state index contributed by atoms with van der Waals surface area (Å²) in [7, 11) is 0. The predicted molar refractivity (Wildman–Crippen MR) is 121 cm³/mol. The summed E-state index contributed by atoms with van der Waals surface area (Å²) < 4.78 is 0. The van der Waals surface area contributed by atoms with Crippen LogP contribution in [0.2, 0.25) is 0 Å². The van der Waals surface area contributed by atoms with Crippen molar-refractivity contribution in [3.8, 4) is 0 Å². The third-order valence-electron chi connectivity index (χ3n) is 8.55. The summed E-state index contributed by atoms with van der Waals surface area (Å²) in [4.78, 5) is 43.0. The zero-order chi connectivity index (χ0) is 22.3. The van der Waals surface area contributed by atoms with Gasteiger partial charge in [-0.1, -0.05) is 30.3 Å². The maximum Gasteiger partial charge on any atom is 0.246 e. The normalized spacial score (nSPS) is 33.4. The largest absolute Gasteiger partial charge is 0.322 e. The molecule has 5 fully saturated rings. The average Bonchev–Trinajstić information content (AvgIpc) is 3.24. The monoisotopic (exact) mass is 437 g/mol. The quantitative estimate of drug-likeness (QED) is 0.709. The van der Waals surface area contributed by atoms with Crippen molar-refractivity contribution in [2.45, 2.75) is 64.0 Å². The molecule has 6 heteroatoms. The van der Waals surface area contributed by atoms with Gasteiger partial charge in [-0.15, -0.1) is 0 Å². The van der Waals surface area contributed by atoms with E-state index in [-0.39, 0.29) is 30.3 Å². The maximum atomic E-state index is 13.6. The Kier molecular flexibility index (Phi) is 5.93. The number of benzene rings is 1. The van der Waals surface area contributed by atoms with E-state index in [4.69, 9.17) is 5.73 Å². The molecule has 6 rings (SSSR count). The molecule has 1 aromatic carbocycles. The molecule has 1 atom stereocenters. The number of amides is 2. The molecule has 4 bridgehead atoms. The molecule has 1 aromatic rings. The molecule has 4 saturated carbocycles. The van der Waals surface area contributed by atoms with Gasteiger partial charge < -0.3 is 5.73 Å². The third-order valence-corrected chi connectivity index (χ3v) is 8.55. The van der Waals surface area contributed by atoms with Crippen molar-refractivity contribution >= 4 is 17.6 Å². The second-order valence-corrected chi connectivity index (χ2v) is 10.8. The Balaban J connectivity index is 1.29. The van der Waals surface area contributed by atoms with Gasteiger partial charge in [-0.2, -0.15) is 0 Å². The highest BCUT2D eigenvalue weighted by molar-refractivity contribution is 5.99. The van der Waals surface area contributed by atoms with E-state index in [0.29, 0.717) is 18.7 Å². The van der Waals surface area contributed by atoms with Crippen LogP contribution in [0.4, 0.5) is 0 Å². The molecule has 0 spiro atoms. The fourth-order valence-electron chi connectivity index (χ4n) is 7.44. The van der Waals surface area contributed by atoms with Crippen LogP contribution in [0, 0.1) is 23.2 Å². The Labute approximate surface area is 190 Å². The first-order chi connectivity index (χ1) is 15.5. The minimum atomic E-state index is -0.410. The van der Waals surface area contributed by atoms with Crippen molar-refractivity contribution in [1.29, 1.82) is 0 Å². The fraction of sp³-hybridized carbons (Fsp3) is 0.654. The molecule has 5 aliphatic rings. The fourth-order valence-corrected chi connectivity index (χ4v) is 7.44. The Morgan fingerprint density at radius 2 is 1.62 bits per heavy atom. The van der Waals surface area contributed by atoms with E-state index >= 15 is 0 Å². The molecule has 0 aromatic heterocycles. The maximum absolute atomic E-state index is 13.6. The van der Waals surface area contributed by atoms with Crippen LogP contribution in [0.5, 0.6) is 0 Å². The zero-order valence-electron chi connectivity index (χ0n) is 18.9. The topological polar surface area (TPSA) is 83.7 Å². The van der Waals surface area contributed by atoms with Crippen LogP contribution >= 0.6 is 0 Å². The Morgan fingerprint density at radius 1 is 1.00 bits per heavy atom. The summed E-state index contributed by atoms with van der Waals surface area (Å²) in [5, 5.41) is 0. The number of carbonyl (C=O) groups excluding carboxylic acids is 3. The minimum absolute atomic E-state index is 0.151. The van der Waals surface area contributed by atoms with Crippen LogP contribution in [0.15, 0.2) is 30.3 Å². The van der Waals surface area contributed by atoms with Crippen LogP contribution in [-0.2, 0) is 20.9 Å². The summed E-state index contributed by atoms with van der Waals surface area (Å²) in [6.07, 6.45) is 8.66. The van der Waals surface area contributed by atoms with Crippen LogP contribution in [0.1, 0.15) is 56.9 Å². The lowest BCUT2D eigenvalue weighted by molar-refractivity contribution is -0.149. The Bertz CT molecular complexity index is 848. The zero-order valence-corrected chi connectivity index (χ0v) is 18.9. The van der Waals surface area contributed by atoms with Crippen LogP contribution < -0.4 is 5.73 Å². The number of nitrogens with zero attached hydrogens (tertiary/aromatic N) is 2. The second kappa shape index (κ2) is 8.71. The number of ketones is 1. The van der Waals surface area contributed by atoms with E-state index in [1.165, 1.54) is 24.2 Å². The standard InChI is InChI=1S/C26H35N3O3/c27-15-24(31)29(16-18-5-2-1-3-6-18)25(32)22-7-4-8-28(22)17-23(30)26-12-19-9-20(13-26)11-21(10-19)14-26/h1-3,5-6,19-22H,4,7-17,27H2/t19?,20?,21?,22-,26?/m0/s1. The smallest absolute Gasteiger partial charge is 0.246 e. The minimum Gasteiger partial charge on any atom is -0.322 e. The number of rotatable bonds is 7. The number of carbonyl (C=O) groups is 3. The number of likely N-dealkylation sites (tertiary alicyclic amines) is 1. The summed E-state index contributed by atoms with van der Waals surface area (Å²) in [5.74, 6) is 1.95. The molecule has 4 aliphatic carbocycles. The summed E-state index contributed by atoms with van der Waals surface area (Å²) in [6, 6.07) is 9.12. The SMILES string of the molecule is NCC(=O)N(Cc1ccccc1)C(=O)[C@@H]1CCCN1CC(=O)C12CC3CC(CC(C3)C1)C2. The van der Waals surface area contributed by atoms with E-state index in [9.17, 15) is 14.4 Å². The van der Waals surface area contributed by atoms with Gasteiger partial charge in [-0.25, -0.2) is 0 Å². The summed E-state index contributed by atoms with van der Waals surface area (Å²) in [6.45, 7) is 1.11. The van der Waals surface area contributed by atoms with E-state index in [1.54, 1.807) is 0 Å². The first-order valence-corrected chi connectivity index (χ1v) is 12.3. The molecular formula is C26H35N3O3. The molecule has 6 nitrogen and oxygen atoms in total. The lowest BCUT2D eigenvalue weighted by Crippen LogP contribution is -2.54. The molecule has 0 unspecified atom stereocenters. The molecule has 1 aliphatic heterocycles. The Morgan fingerprint density at radius 3 is 2.22 bits per heavy atom. The molecule has 172 valence electrons. The molecular weight excluding hydrogens is 402 g/mol. The lowest BCUT2D eigenvalue weighted by atomic mass is 9.48. The lowest BCUT2D eigenvalue weighted by Gasteiger charge is -2.56. The molecule has 2 N–H and O–H groups in total. The van der Waals surface area contributed by atoms with E-state index in [2.05, 4.69) is 0 Å². The van der Waals surface area contributed by atoms with Crippen molar-refractivity contribution in [1.82, 2.24) is 9.80 Å². The van der Waals surface area contributed by atoms with Crippen LogP contribution in [0.25, 0.3) is 0 Å². The van der Waals surface area contributed by atoms with Gasteiger partial charge in [0.05, 0.1) is 25.7 Å².